The first kappa shape index (κ1) is 13.3. The lowest BCUT2D eigenvalue weighted by molar-refractivity contribution is 0.560. The Kier molecular flexibility index (Phi) is 4.38. The summed E-state index contributed by atoms with van der Waals surface area (Å²) in [5, 5.41) is 3.43. The van der Waals surface area contributed by atoms with Gasteiger partial charge in [-0.2, -0.15) is 0 Å². The minimum absolute atomic E-state index is 0.852. The van der Waals surface area contributed by atoms with E-state index in [1.54, 1.807) is 12.5 Å². The summed E-state index contributed by atoms with van der Waals surface area (Å²) in [6.07, 6.45) is 7.53. The van der Waals surface area contributed by atoms with Gasteiger partial charge in [-0.3, -0.25) is 0 Å². The molecule has 0 amide bonds. The van der Waals surface area contributed by atoms with Gasteiger partial charge < -0.3 is 14.6 Å². The highest BCUT2D eigenvalue weighted by Gasteiger charge is 2.10. The molecule has 1 N–H and O–H groups in total. The molecule has 0 aliphatic carbocycles. The van der Waals surface area contributed by atoms with Crippen molar-refractivity contribution in [3.63, 3.8) is 0 Å². The van der Waals surface area contributed by atoms with Crippen LogP contribution in [0.25, 0.3) is 0 Å². The number of hydrogen-bond acceptors (Lipinski definition) is 3. The summed E-state index contributed by atoms with van der Waals surface area (Å²) >= 11 is 0. The zero-order valence-electron chi connectivity index (χ0n) is 11.8. The molecule has 1 fully saturated rings. The van der Waals surface area contributed by atoms with Crippen LogP contribution in [0.15, 0.2) is 47.3 Å². The van der Waals surface area contributed by atoms with Crippen molar-refractivity contribution in [2.45, 2.75) is 32.4 Å². The highest BCUT2D eigenvalue weighted by molar-refractivity contribution is 5.47. The molecule has 1 saturated heterocycles. The molecule has 0 atom stereocenters. The topological polar surface area (TPSA) is 28.4 Å². The van der Waals surface area contributed by atoms with Crippen molar-refractivity contribution in [2.75, 3.05) is 18.0 Å². The van der Waals surface area contributed by atoms with E-state index in [2.05, 4.69) is 34.5 Å². The fourth-order valence-electron chi connectivity index (χ4n) is 2.72. The van der Waals surface area contributed by atoms with Crippen LogP contribution in [0.1, 0.15) is 30.4 Å². The molecule has 0 radical (unpaired) electrons. The largest absolute Gasteiger partial charge is 0.472 e. The van der Waals surface area contributed by atoms with Crippen LogP contribution in [-0.2, 0) is 13.1 Å². The number of hydrogen-bond donors (Lipinski definition) is 1. The van der Waals surface area contributed by atoms with E-state index in [1.807, 2.05) is 6.07 Å². The molecule has 3 heteroatoms. The predicted octanol–water partition coefficient (Wildman–Crippen LogP) is 3.56. The van der Waals surface area contributed by atoms with E-state index < -0.39 is 0 Å². The number of piperidine rings is 1. The zero-order chi connectivity index (χ0) is 13.6. The number of rotatable bonds is 5. The van der Waals surface area contributed by atoms with Crippen molar-refractivity contribution in [1.82, 2.24) is 5.32 Å². The van der Waals surface area contributed by atoms with E-state index in [1.165, 1.54) is 49.2 Å². The quantitative estimate of drug-likeness (QED) is 0.900. The average molecular weight is 270 g/mol. The summed E-state index contributed by atoms with van der Waals surface area (Å²) < 4.78 is 5.05. The van der Waals surface area contributed by atoms with Crippen LogP contribution in [0.5, 0.6) is 0 Å². The predicted molar refractivity (Wildman–Crippen MR) is 81.8 cm³/mol. The molecular formula is C17H22N2O. The Morgan fingerprint density at radius 2 is 1.65 bits per heavy atom. The third-order valence-electron chi connectivity index (χ3n) is 3.90. The number of benzene rings is 1. The van der Waals surface area contributed by atoms with Crippen LogP contribution in [0, 0.1) is 0 Å². The minimum atomic E-state index is 0.852. The molecule has 1 aromatic carbocycles. The standard InChI is InChI=1S/C17H22N2O/c1-2-9-19(10-3-1)17-6-4-15(5-7-17)12-18-13-16-8-11-20-14-16/h4-8,11,14,18H,1-3,9-10,12-13H2. The lowest BCUT2D eigenvalue weighted by Crippen LogP contribution is -2.29. The Hall–Kier alpha value is -1.74. The monoisotopic (exact) mass is 270 g/mol. The van der Waals surface area contributed by atoms with Crippen molar-refractivity contribution in [2.24, 2.45) is 0 Å². The molecule has 0 bridgehead atoms. The normalized spacial score (nSPS) is 15.5. The first-order valence-electron chi connectivity index (χ1n) is 7.47. The molecular weight excluding hydrogens is 248 g/mol. The van der Waals surface area contributed by atoms with Crippen LogP contribution >= 0.6 is 0 Å². The smallest absolute Gasteiger partial charge is 0.0947 e. The second-order valence-electron chi connectivity index (χ2n) is 5.45. The van der Waals surface area contributed by atoms with E-state index in [-0.39, 0.29) is 0 Å². The third kappa shape index (κ3) is 3.42. The molecule has 2 aromatic rings. The van der Waals surface area contributed by atoms with Crippen molar-refractivity contribution >= 4 is 5.69 Å². The Bertz CT molecular complexity index is 498. The summed E-state index contributed by atoms with van der Waals surface area (Å²) in [5.74, 6) is 0. The first-order valence-corrected chi connectivity index (χ1v) is 7.47. The average Bonchev–Trinajstić information content (AvgIpc) is 3.02. The molecule has 0 saturated carbocycles. The molecule has 3 nitrogen and oxygen atoms in total. The fourth-order valence-corrected chi connectivity index (χ4v) is 2.72. The van der Waals surface area contributed by atoms with Gasteiger partial charge in [0.2, 0.25) is 0 Å². The summed E-state index contributed by atoms with van der Waals surface area (Å²) in [7, 11) is 0. The lowest BCUT2D eigenvalue weighted by Gasteiger charge is -2.28. The van der Waals surface area contributed by atoms with Crippen molar-refractivity contribution in [3.8, 4) is 0 Å². The van der Waals surface area contributed by atoms with E-state index >= 15 is 0 Å². The maximum atomic E-state index is 5.05. The van der Waals surface area contributed by atoms with Crippen molar-refractivity contribution in [3.05, 3.63) is 54.0 Å². The van der Waals surface area contributed by atoms with E-state index in [0.29, 0.717) is 0 Å². The van der Waals surface area contributed by atoms with E-state index in [4.69, 9.17) is 4.42 Å². The highest BCUT2D eigenvalue weighted by atomic mass is 16.3. The van der Waals surface area contributed by atoms with Gasteiger partial charge in [-0.15, -0.1) is 0 Å². The molecule has 0 spiro atoms. The molecule has 1 aliphatic heterocycles. The number of nitrogens with one attached hydrogen (secondary N) is 1. The summed E-state index contributed by atoms with van der Waals surface area (Å²) in [5.41, 5.74) is 3.88. The first-order chi connectivity index (χ1) is 9.92. The maximum Gasteiger partial charge on any atom is 0.0947 e. The second kappa shape index (κ2) is 6.62. The minimum Gasteiger partial charge on any atom is -0.472 e. The molecule has 106 valence electrons. The van der Waals surface area contributed by atoms with Gasteiger partial charge in [-0.25, -0.2) is 0 Å². The molecule has 3 rings (SSSR count). The van der Waals surface area contributed by atoms with Gasteiger partial charge in [-0.1, -0.05) is 12.1 Å². The van der Waals surface area contributed by atoms with Crippen LogP contribution < -0.4 is 10.2 Å². The molecule has 20 heavy (non-hydrogen) atoms. The van der Waals surface area contributed by atoms with Gasteiger partial charge in [0, 0.05) is 37.4 Å². The van der Waals surface area contributed by atoms with Crippen LogP contribution in [0.2, 0.25) is 0 Å². The third-order valence-corrected chi connectivity index (χ3v) is 3.90. The number of furan rings is 1. The van der Waals surface area contributed by atoms with Gasteiger partial charge >= 0.3 is 0 Å². The Labute approximate surface area is 120 Å². The number of anilines is 1. The maximum absolute atomic E-state index is 5.05. The van der Waals surface area contributed by atoms with Gasteiger partial charge in [0.25, 0.3) is 0 Å². The van der Waals surface area contributed by atoms with Crippen molar-refractivity contribution in [1.29, 1.82) is 0 Å². The summed E-state index contributed by atoms with van der Waals surface area (Å²) in [4.78, 5) is 2.49. The van der Waals surface area contributed by atoms with Crippen LogP contribution in [-0.4, -0.2) is 13.1 Å². The van der Waals surface area contributed by atoms with Gasteiger partial charge in [0.15, 0.2) is 0 Å². The second-order valence-corrected chi connectivity index (χ2v) is 5.45. The van der Waals surface area contributed by atoms with Crippen LogP contribution in [0.3, 0.4) is 0 Å². The summed E-state index contributed by atoms with van der Waals surface area (Å²) in [6, 6.07) is 10.9. The Balaban J connectivity index is 1.50. The fraction of sp³-hybridized carbons (Fsp3) is 0.412. The number of nitrogens with zero attached hydrogens (tertiary/aromatic N) is 1. The zero-order valence-corrected chi connectivity index (χ0v) is 11.8. The SMILES string of the molecule is c1cc(CNCc2ccc(N3CCCCC3)cc2)co1. The summed E-state index contributed by atoms with van der Waals surface area (Å²) in [6.45, 7) is 4.16. The molecule has 1 aliphatic rings. The highest BCUT2D eigenvalue weighted by Crippen LogP contribution is 2.20. The van der Waals surface area contributed by atoms with E-state index in [9.17, 15) is 0 Å². The molecule has 0 unspecified atom stereocenters. The van der Waals surface area contributed by atoms with E-state index in [0.717, 1.165) is 13.1 Å². The van der Waals surface area contributed by atoms with Crippen LogP contribution in [0.4, 0.5) is 5.69 Å². The van der Waals surface area contributed by atoms with Gasteiger partial charge in [0.05, 0.1) is 12.5 Å². The van der Waals surface area contributed by atoms with Crippen molar-refractivity contribution < 1.29 is 4.42 Å². The molecule has 1 aromatic heterocycles. The van der Waals surface area contributed by atoms with Gasteiger partial charge in [-0.05, 0) is 43.0 Å². The Morgan fingerprint density at radius 3 is 2.35 bits per heavy atom. The van der Waals surface area contributed by atoms with Gasteiger partial charge in [0.1, 0.15) is 0 Å². The molecule has 2 heterocycles. The Morgan fingerprint density at radius 1 is 0.900 bits per heavy atom. The lowest BCUT2D eigenvalue weighted by atomic mass is 10.1.